The standard InChI is InChI=1S/C35H45N3O4/c1-8-10-20-38(33(40)30(21-24(3)4)37-34(41)42-35(5,6)7)31(28-17-13-14-25(9-2)22-28)32(39)36-29-19-18-26-15-11-12-16-27(26)23-29/h9,11-19,22-24,30-31H,2,8,10,20-21H2,1,3-7H3,(H,36,39)(H,37,41). The van der Waals surface area contributed by atoms with Crippen LogP contribution >= 0.6 is 0 Å². The number of fused-ring (bicyclic) bond motifs is 1. The minimum Gasteiger partial charge on any atom is -0.444 e. The number of anilines is 1. The SMILES string of the molecule is C=Cc1cccc(C(C(=O)Nc2ccc3ccccc3c2)N(CCCC)C(=O)C(CC(C)C)NC(=O)OC(C)(C)C)c1. The van der Waals surface area contributed by atoms with Crippen LogP contribution in [-0.2, 0) is 14.3 Å². The maximum Gasteiger partial charge on any atom is 0.408 e. The highest BCUT2D eigenvalue weighted by atomic mass is 16.6. The lowest BCUT2D eigenvalue weighted by Crippen LogP contribution is -2.53. The van der Waals surface area contributed by atoms with Gasteiger partial charge in [0.05, 0.1) is 0 Å². The number of alkyl carbamates (subject to hydrolysis) is 1. The topological polar surface area (TPSA) is 87.7 Å². The second-order valence-electron chi connectivity index (χ2n) is 12.0. The lowest BCUT2D eigenvalue weighted by Gasteiger charge is -2.35. The number of unbranched alkanes of at least 4 members (excludes halogenated alkanes) is 1. The number of nitrogens with zero attached hydrogens (tertiary/aromatic N) is 1. The van der Waals surface area contributed by atoms with Gasteiger partial charge >= 0.3 is 6.09 Å². The molecule has 0 heterocycles. The number of rotatable bonds is 12. The second-order valence-corrected chi connectivity index (χ2v) is 12.0. The third-order valence-electron chi connectivity index (χ3n) is 6.77. The van der Waals surface area contributed by atoms with Crippen LogP contribution in [0.15, 0.2) is 73.3 Å². The van der Waals surface area contributed by atoms with Crippen LogP contribution in [0.25, 0.3) is 16.8 Å². The number of ether oxygens (including phenoxy) is 1. The summed E-state index contributed by atoms with van der Waals surface area (Å²) in [4.78, 5) is 42.9. The van der Waals surface area contributed by atoms with E-state index in [4.69, 9.17) is 4.74 Å². The van der Waals surface area contributed by atoms with Crippen molar-refractivity contribution < 1.29 is 19.1 Å². The largest absolute Gasteiger partial charge is 0.444 e. The lowest BCUT2D eigenvalue weighted by atomic mass is 9.97. The highest BCUT2D eigenvalue weighted by Crippen LogP contribution is 2.28. The Morgan fingerprint density at radius 1 is 0.976 bits per heavy atom. The lowest BCUT2D eigenvalue weighted by molar-refractivity contribution is -0.141. The van der Waals surface area contributed by atoms with Gasteiger partial charge in [0.15, 0.2) is 0 Å². The first kappa shape index (κ1) is 32.4. The quantitative estimate of drug-likeness (QED) is 0.233. The van der Waals surface area contributed by atoms with E-state index in [0.717, 1.165) is 22.8 Å². The number of carbonyl (C=O) groups is 3. The van der Waals surface area contributed by atoms with Crippen LogP contribution in [0, 0.1) is 5.92 Å². The van der Waals surface area contributed by atoms with Gasteiger partial charge in [0, 0.05) is 12.2 Å². The molecule has 2 unspecified atom stereocenters. The molecule has 7 nitrogen and oxygen atoms in total. The minimum atomic E-state index is -0.939. The maximum absolute atomic E-state index is 14.3. The predicted octanol–water partition coefficient (Wildman–Crippen LogP) is 7.73. The molecule has 7 heteroatoms. The van der Waals surface area contributed by atoms with Gasteiger partial charge in [0.2, 0.25) is 5.91 Å². The number of hydrogen-bond donors (Lipinski definition) is 2. The monoisotopic (exact) mass is 571 g/mol. The third-order valence-corrected chi connectivity index (χ3v) is 6.77. The Hall–Kier alpha value is -4.13. The number of carbonyl (C=O) groups excluding carboxylic acids is 3. The molecular formula is C35H45N3O4. The predicted molar refractivity (Wildman–Crippen MR) is 171 cm³/mol. The van der Waals surface area contributed by atoms with E-state index in [1.54, 1.807) is 31.7 Å². The van der Waals surface area contributed by atoms with Gasteiger partial charge in [0.25, 0.3) is 5.91 Å². The summed E-state index contributed by atoms with van der Waals surface area (Å²) in [5, 5.41) is 7.92. The molecule has 3 aromatic carbocycles. The van der Waals surface area contributed by atoms with E-state index in [9.17, 15) is 14.4 Å². The van der Waals surface area contributed by atoms with E-state index < -0.39 is 23.8 Å². The third kappa shape index (κ3) is 9.20. The van der Waals surface area contributed by atoms with Gasteiger partial charge in [-0.2, -0.15) is 0 Å². The van der Waals surface area contributed by atoms with Crippen LogP contribution in [0.3, 0.4) is 0 Å². The van der Waals surface area contributed by atoms with Crippen LogP contribution in [0.5, 0.6) is 0 Å². The first-order valence-electron chi connectivity index (χ1n) is 14.7. The van der Waals surface area contributed by atoms with E-state index in [2.05, 4.69) is 17.2 Å². The van der Waals surface area contributed by atoms with Gasteiger partial charge in [0.1, 0.15) is 17.7 Å². The Morgan fingerprint density at radius 3 is 2.33 bits per heavy atom. The summed E-state index contributed by atoms with van der Waals surface area (Å²) in [6.45, 7) is 15.6. The molecule has 0 saturated heterocycles. The fourth-order valence-electron chi connectivity index (χ4n) is 4.84. The van der Waals surface area contributed by atoms with Crippen LogP contribution in [0.2, 0.25) is 0 Å². The van der Waals surface area contributed by atoms with Crippen molar-refractivity contribution in [3.8, 4) is 0 Å². The zero-order valence-corrected chi connectivity index (χ0v) is 25.8. The summed E-state index contributed by atoms with van der Waals surface area (Å²) in [5.41, 5.74) is 1.42. The van der Waals surface area contributed by atoms with Crippen molar-refractivity contribution in [1.82, 2.24) is 10.2 Å². The highest BCUT2D eigenvalue weighted by Gasteiger charge is 2.36. The van der Waals surface area contributed by atoms with Crippen molar-refractivity contribution >= 4 is 40.4 Å². The fraction of sp³-hybridized carbons (Fsp3) is 0.400. The average Bonchev–Trinajstić information content (AvgIpc) is 2.93. The zero-order valence-electron chi connectivity index (χ0n) is 25.8. The van der Waals surface area contributed by atoms with Crippen molar-refractivity contribution in [3.63, 3.8) is 0 Å². The van der Waals surface area contributed by atoms with Crippen molar-refractivity contribution in [2.24, 2.45) is 5.92 Å². The Bertz CT molecular complexity index is 1390. The molecule has 0 radical (unpaired) electrons. The van der Waals surface area contributed by atoms with E-state index in [0.29, 0.717) is 30.6 Å². The molecule has 3 aromatic rings. The summed E-state index contributed by atoms with van der Waals surface area (Å²) >= 11 is 0. The number of amides is 3. The van der Waals surface area contributed by atoms with Crippen LogP contribution < -0.4 is 10.6 Å². The molecule has 0 saturated carbocycles. The van der Waals surface area contributed by atoms with Crippen molar-refractivity contribution in [3.05, 3.63) is 84.4 Å². The summed E-state index contributed by atoms with van der Waals surface area (Å²) in [6, 6.07) is 19.4. The molecule has 42 heavy (non-hydrogen) atoms. The van der Waals surface area contributed by atoms with Gasteiger partial charge in [-0.05, 0) is 79.6 Å². The fourth-order valence-corrected chi connectivity index (χ4v) is 4.84. The van der Waals surface area contributed by atoms with Gasteiger partial charge < -0.3 is 20.3 Å². The van der Waals surface area contributed by atoms with Gasteiger partial charge in [-0.1, -0.05) is 88.4 Å². The normalized spacial score (nSPS) is 12.8. The smallest absolute Gasteiger partial charge is 0.408 e. The number of hydrogen-bond acceptors (Lipinski definition) is 4. The summed E-state index contributed by atoms with van der Waals surface area (Å²) in [7, 11) is 0. The first-order valence-corrected chi connectivity index (χ1v) is 14.7. The Balaban J connectivity index is 2.05. The molecule has 0 bridgehead atoms. The van der Waals surface area contributed by atoms with E-state index >= 15 is 0 Å². The highest BCUT2D eigenvalue weighted by molar-refractivity contribution is 6.00. The molecule has 224 valence electrons. The zero-order chi connectivity index (χ0) is 30.9. The van der Waals surface area contributed by atoms with Crippen molar-refractivity contribution in [1.29, 1.82) is 0 Å². The molecular weight excluding hydrogens is 526 g/mol. The molecule has 0 aliphatic carbocycles. The molecule has 2 N–H and O–H groups in total. The van der Waals surface area contributed by atoms with Crippen LogP contribution in [0.1, 0.15) is 78.0 Å². The summed E-state index contributed by atoms with van der Waals surface area (Å²) in [5.74, 6) is -0.557. The van der Waals surface area contributed by atoms with Crippen molar-refractivity contribution in [2.45, 2.75) is 78.5 Å². The molecule has 3 amide bonds. The summed E-state index contributed by atoms with van der Waals surface area (Å²) in [6.07, 6.45) is 2.96. The molecule has 2 atom stereocenters. The van der Waals surface area contributed by atoms with E-state index in [1.165, 1.54) is 0 Å². The molecule has 0 aliphatic rings. The van der Waals surface area contributed by atoms with Crippen LogP contribution in [-0.4, -0.2) is 41.0 Å². The van der Waals surface area contributed by atoms with Gasteiger partial charge in [-0.25, -0.2) is 4.79 Å². The Kier molecular flexibility index (Phi) is 11.3. The first-order chi connectivity index (χ1) is 19.9. The summed E-state index contributed by atoms with van der Waals surface area (Å²) < 4.78 is 5.49. The minimum absolute atomic E-state index is 0.107. The molecule has 0 aromatic heterocycles. The van der Waals surface area contributed by atoms with E-state index in [1.807, 2.05) is 87.5 Å². The molecule has 0 fully saturated rings. The van der Waals surface area contributed by atoms with Gasteiger partial charge in [-0.3, -0.25) is 9.59 Å². The molecule has 0 spiro atoms. The Morgan fingerprint density at radius 2 is 1.69 bits per heavy atom. The maximum atomic E-state index is 14.3. The number of nitrogens with one attached hydrogen (secondary N) is 2. The molecule has 3 rings (SSSR count). The average molecular weight is 572 g/mol. The van der Waals surface area contributed by atoms with Crippen LogP contribution in [0.4, 0.5) is 10.5 Å². The van der Waals surface area contributed by atoms with E-state index in [-0.39, 0.29) is 17.7 Å². The number of benzene rings is 3. The molecule has 0 aliphatic heterocycles. The second kappa shape index (κ2) is 14.7. The Labute approximate surface area is 250 Å². The van der Waals surface area contributed by atoms with Gasteiger partial charge in [-0.15, -0.1) is 0 Å². The van der Waals surface area contributed by atoms with Crippen molar-refractivity contribution in [2.75, 3.05) is 11.9 Å².